The summed E-state index contributed by atoms with van der Waals surface area (Å²) >= 11 is 0. The van der Waals surface area contributed by atoms with Crippen LogP contribution in [-0.2, 0) is 9.59 Å². The Morgan fingerprint density at radius 3 is 2.50 bits per heavy atom. The van der Waals surface area contributed by atoms with Crippen molar-refractivity contribution >= 4 is 23.3 Å². The van der Waals surface area contributed by atoms with Gasteiger partial charge in [-0.25, -0.2) is 4.79 Å². The number of ether oxygens (including phenoxy) is 1. The highest BCUT2D eigenvalue weighted by Crippen LogP contribution is 2.42. The van der Waals surface area contributed by atoms with Crippen LogP contribution in [0.4, 0.5) is 11.4 Å². The number of amides is 1. The van der Waals surface area contributed by atoms with E-state index in [1.54, 1.807) is 25.1 Å². The number of carboxylic acid groups (broad SMARTS) is 1. The van der Waals surface area contributed by atoms with Crippen LogP contribution in [0.1, 0.15) is 40.0 Å². The first-order chi connectivity index (χ1) is 10.4. The molecule has 0 bridgehead atoms. The quantitative estimate of drug-likeness (QED) is 0.815. The molecule has 1 aromatic rings. The van der Waals surface area contributed by atoms with Crippen molar-refractivity contribution in [1.29, 1.82) is 0 Å². The fraction of sp³-hybridized carbons (Fsp3) is 0.500. The van der Waals surface area contributed by atoms with Crippen molar-refractivity contribution in [2.24, 2.45) is 0 Å². The Labute approximate surface area is 129 Å². The smallest absolute Gasteiger partial charge is 0.326 e. The van der Waals surface area contributed by atoms with E-state index in [1.165, 1.54) is 4.90 Å². The fourth-order valence-corrected chi connectivity index (χ4v) is 2.87. The molecule has 120 valence electrons. The SMILES string of the molecule is CCC(C(=O)O)N1C(=O)C(CC)(CC)Oc2cc(N)ccc21. The van der Waals surface area contributed by atoms with E-state index in [4.69, 9.17) is 10.5 Å². The predicted octanol–water partition coefficient (Wildman–Crippen LogP) is 2.42. The van der Waals surface area contributed by atoms with Crippen molar-refractivity contribution in [3.63, 3.8) is 0 Å². The van der Waals surface area contributed by atoms with Crippen LogP contribution >= 0.6 is 0 Å². The number of hydrogen-bond acceptors (Lipinski definition) is 4. The molecule has 0 saturated carbocycles. The number of benzene rings is 1. The Hall–Kier alpha value is -2.24. The molecule has 3 N–H and O–H groups in total. The van der Waals surface area contributed by atoms with Gasteiger partial charge in [0, 0.05) is 11.8 Å². The molecule has 0 aromatic heterocycles. The van der Waals surface area contributed by atoms with Gasteiger partial charge in [0.25, 0.3) is 5.91 Å². The number of aliphatic carboxylic acids is 1. The Bertz CT molecular complexity index is 596. The molecule has 1 aliphatic heterocycles. The van der Waals surface area contributed by atoms with Gasteiger partial charge in [-0.3, -0.25) is 9.69 Å². The molecule has 0 saturated heterocycles. The fourth-order valence-electron chi connectivity index (χ4n) is 2.87. The predicted molar refractivity (Wildman–Crippen MR) is 84.0 cm³/mol. The van der Waals surface area contributed by atoms with E-state index >= 15 is 0 Å². The van der Waals surface area contributed by atoms with Crippen molar-refractivity contribution < 1.29 is 19.4 Å². The number of carboxylic acids is 1. The summed E-state index contributed by atoms with van der Waals surface area (Å²) in [6.45, 7) is 5.47. The molecule has 1 unspecified atom stereocenters. The molecule has 6 nitrogen and oxygen atoms in total. The standard InChI is InChI=1S/C16H22N2O4/c1-4-11(14(19)20)18-12-8-7-10(17)9-13(12)22-16(5-2,6-3)15(18)21/h7-9,11H,4-6,17H2,1-3H3,(H,19,20). The minimum Gasteiger partial charge on any atom is -0.480 e. The van der Waals surface area contributed by atoms with Gasteiger partial charge in [0.1, 0.15) is 11.8 Å². The number of anilines is 2. The van der Waals surface area contributed by atoms with Gasteiger partial charge in [-0.05, 0) is 31.4 Å². The maximum absolute atomic E-state index is 13.0. The molecule has 2 rings (SSSR count). The summed E-state index contributed by atoms with van der Waals surface area (Å²) in [7, 11) is 0. The lowest BCUT2D eigenvalue weighted by molar-refractivity contribution is -0.144. The molecule has 1 atom stereocenters. The highest BCUT2D eigenvalue weighted by molar-refractivity contribution is 6.06. The lowest BCUT2D eigenvalue weighted by atomic mass is 9.91. The van der Waals surface area contributed by atoms with Crippen molar-refractivity contribution in [3.8, 4) is 5.75 Å². The zero-order chi connectivity index (χ0) is 16.5. The van der Waals surface area contributed by atoms with Crippen molar-refractivity contribution in [2.45, 2.75) is 51.7 Å². The summed E-state index contributed by atoms with van der Waals surface area (Å²) in [6.07, 6.45) is 1.24. The van der Waals surface area contributed by atoms with Gasteiger partial charge in [0.15, 0.2) is 5.60 Å². The van der Waals surface area contributed by atoms with Crippen LogP contribution in [0.25, 0.3) is 0 Å². The van der Waals surface area contributed by atoms with Gasteiger partial charge in [-0.1, -0.05) is 20.8 Å². The average Bonchev–Trinajstić information content (AvgIpc) is 2.49. The van der Waals surface area contributed by atoms with Gasteiger partial charge in [-0.2, -0.15) is 0 Å². The van der Waals surface area contributed by atoms with Crippen LogP contribution in [-0.4, -0.2) is 28.6 Å². The van der Waals surface area contributed by atoms with Crippen LogP contribution in [0.3, 0.4) is 0 Å². The Morgan fingerprint density at radius 1 is 1.36 bits per heavy atom. The molecule has 1 aromatic carbocycles. The van der Waals surface area contributed by atoms with E-state index in [-0.39, 0.29) is 5.91 Å². The molecule has 0 fully saturated rings. The lowest BCUT2D eigenvalue weighted by Crippen LogP contribution is -2.60. The zero-order valence-electron chi connectivity index (χ0n) is 13.1. The molecule has 22 heavy (non-hydrogen) atoms. The topological polar surface area (TPSA) is 92.9 Å². The van der Waals surface area contributed by atoms with E-state index in [0.29, 0.717) is 36.4 Å². The molecule has 0 spiro atoms. The zero-order valence-corrected chi connectivity index (χ0v) is 13.1. The summed E-state index contributed by atoms with van der Waals surface area (Å²) in [5.41, 5.74) is 5.74. The van der Waals surface area contributed by atoms with Crippen LogP contribution in [0.15, 0.2) is 18.2 Å². The monoisotopic (exact) mass is 306 g/mol. The minimum atomic E-state index is -1.04. The van der Waals surface area contributed by atoms with Crippen LogP contribution in [0.2, 0.25) is 0 Å². The summed E-state index contributed by atoms with van der Waals surface area (Å²) in [6, 6.07) is 4.01. The third-order valence-electron chi connectivity index (χ3n) is 4.28. The van der Waals surface area contributed by atoms with Crippen LogP contribution < -0.4 is 15.4 Å². The highest BCUT2D eigenvalue weighted by atomic mass is 16.5. The first kappa shape index (κ1) is 16.1. The second-order valence-electron chi connectivity index (χ2n) is 5.47. The van der Waals surface area contributed by atoms with Crippen molar-refractivity contribution in [2.75, 3.05) is 10.6 Å². The third-order valence-corrected chi connectivity index (χ3v) is 4.28. The Balaban J connectivity index is 2.64. The first-order valence-electron chi connectivity index (χ1n) is 7.55. The molecule has 6 heteroatoms. The Morgan fingerprint density at radius 2 is 2.00 bits per heavy atom. The molecule has 1 aliphatic rings. The number of carbonyl (C=O) groups is 2. The van der Waals surface area contributed by atoms with Crippen LogP contribution in [0.5, 0.6) is 5.75 Å². The largest absolute Gasteiger partial charge is 0.480 e. The average molecular weight is 306 g/mol. The van der Waals surface area contributed by atoms with E-state index in [2.05, 4.69) is 0 Å². The molecule has 0 radical (unpaired) electrons. The van der Waals surface area contributed by atoms with E-state index in [1.807, 2.05) is 13.8 Å². The van der Waals surface area contributed by atoms with Gasteiger partial charge >= 0.3 is 5.97 Å². The summed E-state index contributed by atoms with van der Waals surface area (Å²) in [5.74, 6) is -0.867. The number of carbonyl (C=O) groups excluding carboxylic acids is 1. The van der Waals surface area contributed by atoms with Gasteiger partial charge in [0.2, 0.25) is 0 Å². The first-order valence-corrected chi connectivity index (χ1v) is 7.55. The number of nitrogens with zero attached hydrogens (tertiary/aromatic N) is 1. The Kier molecular flexibility index (Phi) is 4.30. The number of fused-ring (bicyclic) bond motifs is 1. The lowest BCUT2D eigenvalue weighted by Gasteiger charge is -2.43. The van der Waals surface area contributed by atoms with E-state index < -0.39 is 17.6 Å². The van der Waals surface area contributed by atoms with Crippen molar-refractivity contribution in [3.05, 3.63) is 18.2 Å². The summed E-state index contributed by atoms with van der Waals surface area (Å²) < 4.78 is 5.95. The maximum atomic E-state index is 13.0. The number of nitrogens with two attached hydrogens (primary N) is 1. The van der Waals surface area contributed by atoms with E-state index in [0.717, 1.165) is 0 Å². The van der Waals surface area contributed by atoms with E-state index in [9.17, 15) is 14.7 Å². The van der Waals surface area contributed by atoms with Crippen molar-refractivity contribution in [1.82, 2.24) is 0 Å². The molecular formula is C16H22N2O4. The van der Waals surface area contributed by atoms with Crippen LogP contribution in [0, 0.1) is 0 Å². The second kappa shape index (κ2) is 5.87. The second-order valence-corrected chi connectivity index (χ2v) is 5.47. The molecule has 1 amide bonds. The number of rotatable bonds is 5. The molecule has 0 aliphatic carbocycles. The molecule has 1 heterocycles. The number of hydrogen-bond donors (Lipinski definition) is 2. The highest BCUT2D eigenvalue weighted by Gasteiger charge is 2.49. The summed E-state index contributed by atoms with van der Waals surface area (Å²) in [4.78, 5) is 25.9. The molecular weight excluding hydrogens is 284 g/mol. The maximum Gasteiger partial charge on any atom is 0.326 e. The number of nitrogen functional groups attached to an aromatic ring is 1. The summed E-state index contributed by atoms with van der Waals surface area (Å²) in [5, 5.41) is 9.48. The normalized spacial score (nSPS) is 17.6. The van der Waals surface area contributed by atoms with Gasteiger partial charge in [-0.15, -0.1) is 0 Å². The van der Waals surface area contributed by atoms with Gasteiger partial charge < -0.3 is 15.6 Å². The van der Waals surface area contributed by atoms with Gasteiger partial charge in [0.05, 0.1) is 5.69 Å². The third kappa shape index (κ3) is 2.38. The minimum absolute atomic E-state index is 0.302.